The Hall–Kier alpha value is -2.05. The second-order valence-corrected chi connectivity index (χ2v) is 6.65. The molecule has 0 aromatic heterocycles. The highest BCUT2D eigenvalue weighted by molar-refractivity contribution is 5.77. The molecular formula is C16H24FN3O3. The van der Waals surface area contributed by atoms with Crippen molar-refractivity contribution >= 4 is 12.1 Å². The lowest BCUT2D eigenvalue weighted by atomic mass is 10.1. The number of halogens is 1. The summed E-state index contributed by atoms with van der Waals surface area (Å²) in [6, 6.07) is -0.234. The fourth-order valence-electron chi connectivity index (χ4n) is 2.31. The minimum atomic E-state index is -0.979. The van der Waals surface area contributed by atoms with Crippen LogP contribution in [0.4, 0.5) is 14.0 Å². The zero-order chi connectivity index (χ0) is 17.0. The second kappa shape index (κ2) is 7.02. The summed E-state index contributed by atoms with van der Waals surface area (Å²) in [7, 11) is 0. The predicted molar refractivity (Wildman–Crippen MR) is 84.6 cm³/mol. The molecule has 1 heterocycles. The third kappa shape index (κ3) is 5.26. The molecule has 23 heavy (non-hydrogen) atoms. The van der Waals surface area contributed by atoms with E-state index in [4.69, 9.17) is 4.74 Å². The summed E-state index contributed by atoms with van der Waals surface area (Å²) >= 11 is 0. The molecule has 7 heteroatoms. The average molecular weight is 325 g/mol. The number of hydrogen-bond donors (Lipinski definition) is 1. The van der Waals surface area contributed by atoms with E-state index in [-0.39, 0.29) is 18.5 Å². The van der Waals surface area contributed by atoms with Crippen LogP contribution < -0.4 is 5.32 Å². The van der Waals surface area contributed by atoms with Crippen molar-refractivity contribution < 1.29 is 18.7 Å². The van der Waals surface area contributed by atoms with Crippen LogP contribution >= 0.6 is 0 Å². The van der Waals surface area contributed by atoms with Gasteiger partial charge in [-0.05, 0) is 32.9 Å². The number of amides is 3. The molecule has 1 aliphatic heterocycles. The molecule has 128 valence electrons. The summed E-state index contributed by atoms with van der Waals surface area (Å²) in [5.74, 6) is 0. The number of urea groups is 1. The summed E-state index contributed by atoms with van der Waals surface area (Å²) in [6.07, 6.45) is 3.61. The molecule has 0 aromatic rings. The molecule has 0 aromatic carbocycles. The van der Waals surface area contributed by atoms with Gasteiger partial charge in [0.1, 0.15) is 11.8 Å². The van der Waals surface area contributed by atoms with Crippen LogP contribution in [0.15, 0.2) is 23.9 Å². The van der Waals surface area contributed by atoms with E-state index in [2.05, 4.69) is 5.32 Å². The first kappa shape index (κ1) is 17.3. The van der Waals surface area contributed by atoms with Crippen molar-refractivity contribution in [3.8, 4) is 0 Å². The van der Waals surface area contributed by atoms with Crippen molar-refractivity contribution in [1.29, 1.82) is 0 Å². The molecule has 2 aliphatic rings. The fraction of sp³-hybridized carbons (Fsp3) is 0.625. The summed E-state index contributed by atoms with van der Waals surface area (Å²) in [5.41, 5.74) is 0.0816. The molecular weight excluding hydrogens is 301 g/mol. The number of ether oxygens (including phenoxy) is 1. The lowest BCUT2D eigenvalue weighted by Gasteiger charge is -2.35. The standard InChI is InChI=1S/C16H24FN3O3/c1-16(2,3)23-15(22)20-10-8-19(9-11-20)14(21)18-13-6-4-12(17)5-7-13/h4,6-7,12H,5,8-11H2,1-3H3,(H,18,21). The van der Waals surface area contributed by atoms with Gasteiger partial charge < -0.3 is 19.9 Å². The number of nitrogens with one attached hydrogen (secondary N) is 1. The number of rotatable bonds is 1. The number of carbonyl (C=O) groups is 2. The molecule has 0 saturated carbocycles. The second-order valence-electron chi connectivity index (χ2n) is 6.65. The van der Waals surface area contributed by atoms with Gasteiger partial charge in [0.05, 0.1) is 0 Å². The zero-order valence-electron chi connectivity index (χ0n) is 13.8. The van der Waals surface area contributed by atoms with Gasteiger partial charge in [-0.25, -0.2) is 14.0 Å². The van der Waals surface area contributed by atoms with Crippen LogP contribution in [0.1, 0.15) is 27.2 Å². The van der Waals surface area contributed by atoms with Crippen LogP contribution in [0.25, 0.3) is 0 Å². The van der Waals surface area contributed by atoms with Gasteiger partial charge in [-0.1, -0.05) is 6.08 Å². The fourth-order valence-corrected chi connectivity index (χ4v) is 2.31. The van der Waals surface area contributed by atoms with E-state index in [1.165, 1.54) is 6.08 Å². The lowest BCUT2D eigenvalue weighted by molar-refractivity contribution is 0.0171. The van der Waals surface area contributed by atoms with Crippen molar-refractivity contribution in [2.24, 2.45) is 0 Å². The van der Waals surface area contributed by atoms with Crippen molar-refractivity contribution in [3.05, 3.63) is 23.9 Å². The summed E-state index contributed by atoms with van der Waals surface area (Å²) in [6.45, 7) is 7.21. The molecule has 1 fully saturated rings. The third-order valence-corrected chi connectivity index (χ3v) is 3.52. The first-order chi connectivity index (χ1) is 10.7. The molecule has 0 radical (unpaired) electrons. The van der Waals surface area contributed by atoms with Gasteiger partial charge in [-0.2, -0.15) is 0 Å². The molecule has 1 N–H and O–H groups in total. The van der Waals surface area contributed by atoms with Gasteiger partial charge in [0.15, 0.2) is 0 Å². The SMILES string of the molecule is CC(C)(C)OC(=O)N1CCN(C(=O)NC2=CCC(F)C=C2)CC1. The van der Waals surface area contributed by atoms with Gasteiger partial charge in [-0.3, -0.25) is 0 Å². The van der Waals surface area contributed by atoms with Crippen LogP contribution in [-0.4, -0.2) is 59.9 Å². The number of allylic oxidation sites excluding steroid dienone is 3. The molecule has 1 aliphatic carbocycles. The minimum Gasteiger partial charge on any atom is -0.444 e. The van der Waals surface area contributed by atoms with Gasteiger partial charge in [0.2, 0.25) is 0 Å². The van der Waals surface area contributed by atoms with E-state index in [1.54, 1.807) is 22.0 Å². The van der Waals surface area contributed by atoms with Crippen molar-refractivity contribution in [1.82, 2.24) is 15.1 Å². The Balaban J connectivity index is 1.79. The maximum Gasteiger partial charge on any atom is 0.410 e. The zero-order valence-corrected chi connectivity index (χ0v) is 13.8. The highest BCUT2D eigenvalue weighted by atomic mass is 19.1. The summed E-state index contributed by atoms with van der Waals surface area (Å²) in [5, 5.41) is 2.75. The van der Waals surface area contributed by atoms with Gasteiger partial charge in [0.25, 0.3) is 0 Å². The van der Waals surface area contributed by atoms with Crippen molar-refractivity contribution in [3.63, 3.8) is 0 Å². The number of nitrogens with zero attached hydrogens (tertiary/aromatic N) is 2. The van der Waals surface area contributed by atoms with E-state index in [0.717, 1.165) is 0 Å². The Labute approximate surface area is 135 Å². The Morgan fingerprint density at radius 2 is 1.83 bits per heavy atom. The Morgan fingerprint density at radius 1 is 1.22 bits per heavy atom. The molecule has 2 rings (SSSR count). The molecule has 1 unspecified atom stereocenters. The van der Waals surface area contributed by atoms with Gasteiger partial charge in [-0.15, -0.1) is 0 Å². The Morgan fingerprint density at radius 3 is 2.35 bits per heavy atom. The largest absolute Gasteiger partial charge is 0.444 e. The van der Waals surface area contributed by atoms with E-state index in [0.29, 0.717) is 31.9 Å². The number of piperazine rings is 1. The van der Waals surface area contributed by atoms with Crippen LogP contribution in [0.3, 0.4) is 0 Å². The minimum absolute atomic E-state index is 0.234. The van der Waals surface area contributed by atoms with Crippen LogP contribution in [-0.2, 0) is 4.74 Å². The quantitative estimate of drug-likeness (QED) is 0.805. The van der Waals surface area contributed by atoms with E-state index in [9.17, 15) is 14.0 Å². The van der Waals surface area contributed by atoms with Gasteiger partial charge >= 0.3 is 12.1 Å². The summed E-state index contributed by atoms with van der Waals surface area (Å²) < 4.78 is 18.3. The molecule has 0 bridgehead atoms. The highest BCUT2D eigenvalue weighted by Gasteiger charge is 2.27. The molecule has 6 nitrogen and oxygen atoms in total. The molecule has 0 spiro atoms. The number of alkyl halides is 1. The van der Waals surface area contributed by atoms with Crippen LogP contribution in [0, 0.1) is 0 Å². The average Bonchev–Trinajstić information content (AvgIpc) is 2.48. The van der Waals surface area contributed by atoms with E-state index >= 15 is 0 Å². The van der Waals surface area contributed by atoms with Crippen molar-refractivity contribution in [2.75, 3.05) is 26.2 Å². The van der Waals surface area contributed by atoms with E-state index < -0.39 is 11.8 Å². The molecule has 3 amide bonds. The first-order valence-electron chi connectivity index (χ1n) is 7.81. The number of carbonyl (C=O) groups excluding carboxylic acids is 2. The topological polar surface area (TPSA) is 61.9 Å². The first-order valence-corrected chi connectivity index (χ1v) is 7.81. The van der Waals surface area contributed by atoms with Crippen LogP contribution in [0.5, 0.6) is 0 Å². The molecule has 1 atom stereocenters. The Bertz CT molecular complexity index is 517. The molecule has 1 saturated heterocycles. The Kier molecular flexibility index (Phi) is 5.28. The summed E-state index contributed by atoms with van der Waals surface area (Å²) in [4.78, 5) is 27.4. The predicted octanol–water partition coefficient (Wildman–Crippen LogP) is 2.43. The van der Waals surface area contributed by atoms with E-state index in [1.807, 2.05) is 20.8 Å². The monoisotopic (exact) mass is 325 g/mol. The van der Waals surface area contributed by atoms with Crippen LogP contribution in [0.2, 0.25) is 0 Å². The number of hydrogen-bond acceptors (Lipinski definition) is 3. The van der Waals surface area contributed by atoms with Gasteiger partial charge in [0, 0.05) is 38.3 Å². The maximum atomic E-state index is 13.0. The smallest absolute Gasteiger partial charge is 0.410 e. The highest BCUT2D eigenvalue weighted by Crippen LogP contribution is 2.13. The lowest BCUT2D eigenvalue weighted by Crippen LogP contribution is -2.53. The van der Waals surface area contributed by atoms with Crippen molar-refractivity contribution in [2.45, 2.75) is 39.0 Å². The third-order valence-electron chi connectivity index (χ3n) is 3.52. The normalized spacial score (nSPS) is 21.7. The maximum absolute atomic E-state index is 13.0.